The van der Waals surface area contributed by atoms with Crippen molar-refractivity contribution in [3.8, 4) is 0 Å². The van der Waals surface area contributed by atoms with Crippen LogP contribution in [0.15, 0.2) is 24.3 Å². The quantitative estimate of drug-likeness (QED) is 0.813. The Bertz CT molecular complexity index is 394. The molecule has 2 saturated carbocycles. The van der Waals surface area contributed by atoms with Gasteiger partial charge in [0.2, 0.25) is 0 Å². The number of fused-ring (bicyclic) bond motifs is 1. The molecule has 0 aromatic heterocycles. The summed E-state index contributed by atoms with van der Waals surface area (Å²) in [5.41, 5.74) is 3.92. The van der Waals surface area contributed by atoms with Crippen LogP contribution in [0.2, 0.25) is 0 Å². The maximum atomic E-state index is 3.70. The smallest absolute Gasteiger partial charge is 0.00683 e. The Balaban J connectivity index is 1.44. The third-order valence-electron chi connectivity index (χ3n) is 4.79. The van der Waals surface area contributed by atoms with Crippen LogP contribution >= 0.6 is 0 Å². The topological polar surface area (TPSA) is 12.0 Å². The summed E-state index contributed by atoms with van der Waals surface area (Å²) in [7, 11) is 0. The Labute approximate surface area is 97.2 Å². The summed E-state index contributed by atoms with van der Waals surface area (Å²) in [6.07, 6.45) is 6.99. The molecule has 3 aliphatic rings. The van der Waals surface area contributed by atoms with Gasteiger partial charge in [0.05, 0.1) is 0 Å². The zero-order valence-corrected chi connectivity index (χ0v) is 9.71. The molecule has 0 bridgehead atoms. The van der Waals surface area contributed by atoms with E-state index in [0.29, 0.717) is 5.41 Å². The zero-order chi connectivity index (χ0) is 10.6. The van der Waals surface area contributed by atoms with E-state index in [1.165, 1.54) is 38.6 Å². The minimum atomic E-state index is 0.672. The summed E-state index contributed by atoms with van der Waals surface area (Å²) in [5, 5.41) is 3.70. The van der Waals surface area contributed by atoms with E-state index in [4.69, 9.17) is 0 Å². The lowest BCUT2D eigenvalue weighted by Gasteiger charge is -2.08. The third kappa shape index (κ3) is 1.41. The lowest BCUT2D eigenvalue weighted by atomic mass is 10.00. The highest BCUT2D eigenvalue weighted by molar-refractivity contribution is 5.37. The molecule has 1 atom stereocenters. The molecule has 0 aliphatic heterocycles. The minimum Gasteiger partial charge on any atom is -0.314 e. The molecule has 1 nitrogen and oxygen atoms in total. The van der Waals surface area contributed by atoms with Crippen LogP contribution < -0.4 is 5.32 Å². The molecular formula is C15H19N. The van der Waals surface area contributed by atoms with Crippen molar-refractivity contribution in [3.05, 3.63) is 35.4 Å². The summed E-state index contributed by atoms with van der Waals surface area (Å²) in [4.78, 5) is 0. The number of hydrogen-bond acceptors (Lipinski definition) is 1. The van der Waals surface area contributed by atoms with Crippen LogP contribution in [0.5, 0.6) is 0 Å². The van der Waals surface area contributed by atoms with E-state index in [2.05, 4.69) is 29.6 Å². The summed E-state index contributed by atoms with van der Waals surface area (Å²) < 4.78 is 0. The fourth-order valence-corrected chi connectivity index (χ4v) is 3.47. The van der Waals surface area contributed by atoms with Crippen LogP contribution in [0.1, 0.15) is 30.4 Å². The molecule has 1 N–H and O–H groups in total. The number of rotatable bonds is 3. The van der Waals surface area contributed by atoms with Gasteiger partial charge in [-0.1, -0.05) is 24.3 Å². The van der Waals surface area contributed by atoms with Gasteiger partial charge >= 0.3 is 0 Å². The van der Waals surface area contributed by atoms with Gasteiger partial charge in [0.15, 0.2) is 0 Å². The van der Waals surface area contributed by atoms with Crippen LogP contribution in [-0.2, 0) is 12.8 Å². The highest BCUT2D eigenvalue weighted by atomic mass is 15.0. The summed E-state index contributed by atoms with van der Waals surface area (Å²) in [6, 6.07) is 9.91. The second-order valence-corrected chi connectivity index (χ2v) is 6.07. The largest absolute Gasteiger partial charge is 0.314 e. The lowest BCUT2D eigenvalue weighted by molar-refractivity contribution is 0.460. The molecule has 0 heterocycles. The summed E-state index contributed by atoms with van der Waals surface area (Å²) in [6.45, 7) is 1.28. The first kappa shape index (κ1) is 9.23. The van der Waals surface area contributed by atoms with Crippen molar-refractivity contribution >= 4 is 0 Å². The average Bonchev–Trinajstić information content (AvgIpc) is 3.14. The molecular weight excluding hydrogens is 194 g/mol. The molecule has 84 valence electrons. The van der Waals surface area contributed by atoms with E-state index in [1.54, 1.807) is 11.1 Å². The second-order valence-electron chi connectivity index (χ2n) is 6.07. The lowest BCUT2D eigenvalue weighted by Crippen LogP contribution is -2.22. The molecule has 2 fully saturated rings. The Morgan fingerprint density at radius 1 is 1.12 bits per heavy atom. The van der Waals surface area contributed by atoms with Crippen LogP contribution in [0.4, 0.5) is 0 Å². The molecule has 0 saturated heterocycles. The molecule has 1 unspecified atom stereocenters. The van der Waals surface area contributed by atoms with E-state index in [-0.39, 0.29) is 0 Å². The van der Waals surface area contributed by atoms with Crippen molar-refractivity contribution in [2.75, 3.05) is 6.54 Å². The van der Waals surface area contributed by atoms with Crippen molar-refractivity contribution in [2.24, 2.45) is 11.3 Å². The maximum absolute atomic E-state index is 3.70. The van der Waals surface area contributed by atoms with Gasteiger partial charge in [0.25, 0.3) is 0 Å². The predicted octanol–water partition coefficient (Wildman–Crippen LogP) is 2.54. The van der Waals surface area contributed by atoms with Crippen molar-refractivity contribution in [2.45, 2.75) is 38.1 Å². The number of hydrogen-bond donors (Lipinski definition) is 1. The van der Waals surface area contributed by atoms with Crippen LogP contribution in [0.3, 0.4) is 0 Å². The highest BCUT2D eigenvalue weighted by Crippen LogP contribution is 2.60. The van der Waals surface area contributed by atoms with Crippen LogP contribution in [-0.4, -0.2) is 12.6 Å². The Morgan fingerprint density at radius 2 is 1.81 bits per heavy atom. The van der Waals surface area contributed by atoms with Crippen molar-refractivity contribution in [3.63, 3.8) is 0 Å². The van der Waals surface area contributed by atoms with E-state index >= 15 is 0 Å². The first-order valence-corrected chi connectivity index (χ1v) is 6.66. The molecule has 3 aliphatic carbocycles. The van der Waals surface area contributed by atoms with Crippen LogP contribution in [0, 0.1) is 11.3 Å². The highest BCUT2D eigenvalue weighted by Gasteiger charge is 2.56. The molecule has 0 amide bonds. The van der Waals surface area contributed by atoms with Gasteiger partial charge in [-0.3, -0.25) is 0 Å². The minimum absolute atomic E-state index is 0.672. The summed E-state index contributed by atoms with van der Waals surface area (Å²) >= 11 is 0. The second kappa shape index (κ2) is 3.10. The van der Waals surface area contributed by atoms with Crippen molar-refractivity contribution in [1.29, 1.82) is 0 Å². The van der Waals surface area contributed by atoms with E-state index in [9.17, 15) is 0 Å². The predicted molar refractivity (Wildman–Crippen MR) is 65.4 cm³/mol. The number of nitrogens with one attached hydrogen (secondary N) is 1. The standard InChI is InChI=1S/C15H19N/c1-2-4-12-8-15(7-11(12)3-1)9-13(15)10-16-14-5-6-14/h1-4,13-14,16H,5-10H2. The Hall–Kier alpha value is -0.820. The molecule has 1 heteroatoms. The molecule has 4 rings (SSSR count). The molecule has 1 spiro atoms. The zero-order valence-electron chi connectivity index (χ0n) is 9.71. The molecule has 1 aromatic rings. The van der Waals surface area contributed by atoms with Gasteiger partial charge in [0.1, 0.15) is 0 Å². The fraction of sp³-hybridized carbons (Fsp3) is 0.600. The maximum Gasteiger partial charge on any atom is 0.00683 e. The van der Waals surface area contributed by atoms with Gasteiger partial charge in [-0.25, -0.2) is 0 Å². The van der Waals surface area contributed by atoms with Gasteiger partial charge in [-0.05, 0) is 61.1 Å². The first-order valence-electron chi connectivity index (χ1n) is 6.66. The van der Waals surface area contributed by atoms with Crippen molar-refractivity contribution < 1.29 is 0 Å². The average molecular weight is 213 g/mol. The first-order chi connectivity index (χ1) is 7.86. The van der Waals surface area contributed by atoms with Gasteiger partial charge in [0, 0.05) is 6.04 Å². The Morgan fingerprint density at radius 3 is 2.44 bits per heavy atom. The third-order valence-corrected chi connectivity index (χ3v) is 4.79. The van der Waals surface area contributed by atoms with Gasteiger partial charge in [-0.15, -0.1) is 0 Å². The van der Waals surface area contributed by atoms with Crippen molar-refractivity contribution in [1.82, 2.24) is 5.32 Å². The Kier molecular flexibility index (Phi) is 1.79. The van der Waals surface area contributed by atoms with Gasteiger partial charge in [-0.2, -0.15) is 0 Å². The van der Waals surface area contributed by atoms with E-state index in [1.807, 2.05) is 0 Å². The normalized spacial score (nSPS) is 29.4. The van der Waals surface area contributed by atoms with E-state index < -0.39 is 0 Å². The SMILES string of the molecule is c1ccc2c(c1)CC1(C2)CC1CNC1CC1. The molecule has 0 radical (unpaired) electrons. The number of benzene rings is 1. The monoisotopic (exact) mass is 213 g/mol. The summed E-state index contributed by atoms with van der Waals surface area (Å²) in [5.74, 6) is 0.959. The molecule has 1 aromatic carbocycles. The molecule has 16 heavy (non-hydrogen) atoms. The van der Waals surface area contributed by atoms with E-state index in [0.717, 1.165) is 12.0 Å². The van der Waals surface area contributed by atoms with Crippen LogP contribution in [0.25, 0.3) is 0 Å². The van der Waals surface area contributed by atoms with Gasteiger partial charge < -0.3 is 5.32 Å². The fourth-order valence-electron chi connectivity index (χ4n) is 3.47.